The molecule has 1 amide bonds. The quantitative estimate of drug-likeness (QED) is 0.597. The maximum atomic E-state index is 12.7. The minimum Gasteiger partial charge on any atom is -0.443 e. The first-order valence-electron chi connectivity index (χ1n) is 9.67. The molecule has 3 heterocycles. The number of carbonyl (C=O) groups excluding carboxylic acids is 2. The van der Waals surface area contributed by atoms with E-state index in [9.17, 15) is 9.59 Å². The first-order chi connectivity index (χ1) is 14.6. The predicted molar refractivity (Wildman–Crippen MR) is 116 cm³/mol. The highest BCUT2D eigenvalue weighted by molar-refractivity contribution is 6.02. The maximum Gasteiger partial charge on any atom is 0.415 e. The lowest BCUT2D eigenvalue weighted by Crippen LogP contribution is -2.35. The van der Waals surface area contributed by atoms with Crippen LogP contribution in [0.1, 0.15) is 36.8 Å². The molecule has 0 saturated heterocycles. The second-order valence-corrected chi connectivity index (χ2v) is 7.95. The first kappa shape index (κ1) is 22.2. The van der Waals surface area contributed by atoms with Crippen molar-refractivity contribution in [3.8, 4) is 0 Å². The van der Waals surface area contributed by atoms with E-state index in [2.05, 4.69) is 20.4 Å². The van der Waals surface area contributed by atoms with Crippen LogP contribution in [-0.2, 0) is 9.47 Å². The van der Waals surface area contributed by atoms with Crippen LogP contribution in [0.4, 0.5) is 22.1 Å². The molecule has 1 N–H and O–H groups in total. The van der Waals surface area contributed by atoms with Gasteiger partial charge in [-0.25, -0.2) is 9.78 Å². The van der Waals surface area contributed by atoms with Crippen LogP contribution < -0.4 is 10.2 Å². The highest BCUT2D eigenvalue weighted by Crippen LogP contribution is 2.26. The average molecular weight is 426 g/mol. The number of aromatic nitrogens is 4. The number of pyridine rings is 1. The topological polar surface area (TPSA) is 111 Å². The molecule has 0 aliphatic rings. The number of aryl methyl sites for hydroxylation is 1. The van der Waals surface area contributed by atoms with E-state index in [0.717, 1.165) is 11.4 Å². The summed E-state index contributed by atoms with van der Waals surface area (Å²) in [5.41, 5.74) is 1.42. The lowest BCUT2D eigenvalue weighted by Gasteiger charge is -2.25. The van der Waals surface area contributed by atoms with Gasteiger partial charge in [0.1, 0.15) is 23.8 Å². The number of nitrogens with one attached hydrogen (secondary N) is 1. The highest BCUT2D eigenvalue weighted by atomic mass is 16.6. The number of hydrogen-bond acceptors (Lipinski definition) is 8. The number of ether oxygens (including phenoxy) is 2. The van der Waals surface area contributed by atoms with Crippen molar-refractivity contribution in [2.45, 2.75) is 33.3 Å². The lowest BCUT2D eigenvalue weighted by atomic mass is 10.2. The Balaban J connectivity index is 2.12. The van der Waals surface area contributed by atoms with Gasteiger partial charge in [-0.15, -0.1) is 0 Å². The summed E-state index contributed by atoms with van der Waals surface area (Å²) >= 11 is 0. The normalized spacial score (nSPS) is 11.4. The Hall–Kier alpha value is -3.53. The number of ketones is 1. The summed E-state index contributed by atoms with van der Waals surface area (Å²) < 4.78 is 11.9. The number of Topliss-reactive ketones (excluding diaryl/α,β-unsaturated/α-hetero) is 1. The standard InChI is InChI=1S/C21H26N6O4/c1-13-15(8-7-9-22-13)24-17-10-18(26(5)20(29)31-21(2,3)4)27-19(25-17)14(11-23-27)16(28)12-30-6/h7-11H,12H2,1-6H3,(H,24,25). The average Bonchev–Trinajstić information content (AvgIpc) is 3.11. The summed E-state index contributed by atoms with van der Waals surface area (Å²) in [4.78, 5) is 35.3. The lowest BCUT2D eigenvalue weighted by molar-refractivity contribution is 0.0587. The molecular weight excluding hydrogens is 400 g/mol. The molecule has 0 aromatic carbocycles. The molecule has 0 bridgehead atoms. The van der Waals surface area contributed by atoms with Crippen LogP contribution >= 0.6 is 0 Å². The van der Waals surface area contributed by atoms with E-state index in [1.54, 1.807) is 46.1 Å². The third-order valence-electron chi connectivity index (χ3n) is 4.31. The smallest absolute Gasteiger partial charge is 0.415 e. The summed E-state index contributed by atoms with van der Waals surface area (Å²) in [5.74, 6) is 0.520. The fraction of sp³-hybridized carbons (Fsp3) is 0.381. The van der Waals surface area contributed by atoms with Gasteiger partial charge in [-0.3, -0.25) is 14.7 Å². The Morgan fingerprint density at radius 3 is 2.68 bits per heavy atom. The molecule has 31 heavy (non-hydrogen) atoms. The molecular formula is C21H26N6O4. The number of fused-ring (bicyclic) bond motifs is 1. The summed E-state index contributed by atoms with van der Waals surface area (Å²) in [6, 6.07) is 5.31. The molecule has 0 atom stereocenters. The molecule has 0 aliphatic carbocycles. The summed E-state index contributed by atoms with van der Waals surface area (Å²) in [6.07, 6.45) is 2.54. The molecule has 3 aromatic heterocycles. The third-order valence-corrected chi connectivity index (χ3v) is 4.31. The molecule has 3 rings (SSSR count). The number of nitrogens with zero attached hydrogens (tertiary/aromatic N) is 5. The van der Waals surface area contributed by atoms with Gasteiger partial charge in [0.2, 0.25) is 0 Å². The van der Waals surface area contributed by atoms with E-state index in [1.807, 2.05) is 13.0 Å². The zero-order chi connectivity index (χ0) is 22.8. The fourth-order valence-electron chi connectivity index (χ4n) is 2.83. The van der Waals surface area contributed by atoms with Gasteiger partial charge in [-0.1, -0.05) is 0 Å². The second kappa shape index (κ2) is 8.68. The molecule has 0 aliphatic heterocycles. The van der Waals surface area contributed by atoms with Crippen molar-refractivity contribution in [3.63, 3.8) is 0 Å². The van der Waals surface area contributed by atoms with E-state index in [-0.39, 0.29) is 18.0 Å². The summed E-state index contributed by atoms with van der Waals surface area (Å²) in [6.45, 7) is 7.11. The van der Waals surface area contributed by atoms with Crippen LogP contribution in [0.5, 0.6) is 0 Å². The number of amides is 1. The molecule has 0 saturated carbocycles. The van der Waals surface area contributed by atoms with Gasteiger partial charge in [-0.05, 0) is 39.8 Å². The number of hydrogen-bond donors (Lipinski definition) is 1. The fourth-order valence-corrected chi connectivity index (χ4v) is 2.83. The van der Waals surface area contributed by atoms with Gasteiger partial charge in [-0.2, -0.15) is 9.61 Å². The molecule has 164 valence electrons. The monoisotopic (exact) mass is 426 g/mol. The molecule has 0 spiro atoms. The van der Waals surface area contributed by atoms with Gasteiger partial charge in [0.15, 0.2) is 11.4 Å². The maximum absolute atomic E-state index is 12.7. The molecule has 10 nitrogen and oxygen atoms in total. The zero-order valence-electron chi connectivity index (χ0n) is 18.5. The summed E-state index contributed by atoms with van der Waals surface area (Å²) in [7, 11) is 3.01. The molecule has 10 heteroatoms. The summed E-state index contributed by atoms with van der Waals surface area (Å²) in [5, 5.41) is 7.47. The molecule has 0 unspecified atom stereocenters. The van der Waals surface area contributed by atoms with E-state index in [1.165, 1.54) is 22.7 Å². The Bertz CT molecular complexity index is 1120. The van der Waals surface area contributed by atoms with Crippen molar-refractivity contribution in [2.24, 2.45) is 0 Å². The van der Waals surface area contributed by atoms with Crippen LogP contribution in [0.3, 0.4) is 0 Å². The van der Waals surface area contributed by atoms with Crippen LogP contribution in [0.25, 0.3) is 5.65 Å². The molecule has 0 fully saturated rings. The van der Waals surface area contributed by atoms with E-state index >= 15 is 0 Å². The van der Waals surface area contributed by atoms with Crippen molar-refractivity contribution in [1.82, 2.24) is 19.6 Å². The second-order valence-electron chi connectivity index (χ2n) is 7.95. The van der Waals surface area contributed by atoms with Crippen LogP contribution in [0, 0.1) is 6.92 Å². The minimum atomic E-state index is -0.672. The SMILES string of the molecule is COCC(=O)c1cnn2c(N(C)C(=O)OC(C)(C)C)cc(Nc3cccnc3C)nc12. The minimum absolute atomic E-state index is 0.111. The van der Waals surface area contributed by atoms with Crippen LogP contribution in [0.2, 0.25) is 0 Å². The molecule has 0 radical (unpaired) electrons. The van der Waals surface area contributed by atoms with Gasteiger partial charge < -0.3 is 14.8 Å². The number of carbonyl (C=O) groups is 2. The van der Waals surface area contributed by atoms with Crippen molar-refractivity contribution >= 4 is 34.8 Å². The Labute approximate surface area is 180 Å². The molecule has 3 aromatic rings. The number of methoxy groups -OCH3 is 1. The third kappa shape index (κ3) is 4.97. The van der Waals surface area contributed by atoms with E-state index in [0.29, 0.717) is 17.3 Å². The van der Waals surface area contributed by atoms with Crippen molar-refractivity contribution in [2.75, 3.05) is 31.0 Å². The van der Waals surface area contributed by atoms with Crippen molar-refractivity contribution < 1.29 is 19.1 Å². The van der Waals surface area contributed by atoms with Gasteiger partial charge in [0.05, 0.1) is 23.1 Å². The van der Waals surface area contributed by atoms with Gasteiger partial charge in [0.25, 0.3) is 0 Å². The van der Waals surface area contributed by atoms with Crippen molar-refractivity contribution in [1.29, 1.82) is 0 Å². The Morgan fingerprint density at radius 1 is 1.29 bits per heavy atom. The van der Waals surface area contributed by atoms with E-state index in [4.69, 9.17) is 9.47 Å². The van der Waals surface area contributed by atoms with Gasteiger partial charge >= 0.3 is 6.09 Å². The van der Waals surface area contributed by atoms with Gasteiger partial charge in [0, 0.05) is 26.4 Å². The van der Waals surface area contributed by atoms with Crippen LogP contribution in [0.15, 0.2) is 30.6 Å². The highest BCUT2D eigenvalue weighted by Gasteiger charge is 2.25. The largest absolute Gasteiger partial charge is 0.443 e. The van der Waals surface area contributed by atoms with Crippen LogP contribution in [-0.4, -0.2) is 57.8 Å². The van der Waals surface area contributed by atoms with Crippen molar-refractivity contribution in [3.05, 3.63) is 41.9 Å². The Kier molecular flexibility index (Phi) is 6.21. The number of anilines is 3. The first-order valence-corrected chi connectivity index (χ1v) is 9.67. The predicted octanol–water partition coefficient (Wildman–Crippen LogP) is 3.38. The zero-order valence-corrected chi connectivity index (χ0v) is 18.5. The van der Waals surface area contributed by atoms with E-state index < -0.39 is 11.7 Å². The Morgan fingerprint density at radius 2 is 2.03 bits per heavy atom. The number of rotatable bonds is 6.